The van der Waals surface area contributed by atoms with Crippen molar-refractivity contribution in [2.24, 2.45) is 0 Å². The molecular formula is C18H27NO2. The standard InChI is InChI=1S/C18H27NO2/c1-14-7-8-16(11-15(14)2)12-17(20)19-13-18(21)9-5-3-4-6-10-18/h7-8,11,21H,3-6,9-10,12-13H2,1-2H3,(H,19,20). The van der Waals surface area contributed by atoms with Gasteiger partial charge in [0.15, 0.2) is 0 Å². The average Bonchev–Trinajstić information content (AvgIpc) is 2.66. The lowest BCUT2D eigenvalue weighted by Crippen LogP contribution is -2.43. The Kier molecular flexibility index (Phi) is 5.40. The van der Waals surface area contributed by atoms with Crippen LogP contribution in [0.5, 0.6) is 0 Å². The van der Waals surface area contributed by atoms with E-state index in [2.05, 4.69) is 31.3 Å². The fourth-order valence-corrected chi connectivity index (χ4v) is 2.99. The predicted octanol–water partition coefficient (Wildman–Crippen LogP) is 3.05. The highest BCUT2D eigenvalue weighted by atomic mass is 16.3. The lowest BCUT2D eigenvalue weighted by atomic mass is 9.94. The van der Waals surface area contributed by atoms with Gasteiger partial charge in [-0.2, -0.15) is 0 Å². The third-order valence-electron chi connectivity index (χ3n) is 4.58. The van der Waals surface area contributed by atoms with Gasteiger partial charge in [0.2, 0.25) is 5.91 Å². The first kappa shape index (κ1) is 16.0. The SMILES string of the molecule is Cc1ccc(CC(=O)NCC2(O)CCCCCC2)cc1C. The van der Waals surface area contributed by atoms with Crippen LogP contribution in [-0.2, 0) is 11.2 Å². The number of rotatable bonds is 4. The van der Waals surface area contributed by atoms with Gasteiger partial charge < -0.3 is 10.4 Å². The van der Waals surface area contributed by atoms with Gasteiger partial charge >= 0.3 is 0 Å². The summed E-state index contributed by atoms with van der Waals surface area (Å²) in [5.74, 6) is -0.00377. The van der Waals surface area contributed by atoms with Crippen molar-refractivity contribution in [2.45, 2.75) is 64.4 Å². The summed E-state index contributed by atoms with van der Waals surface area (Å²) in [5, 5.41) is 13.4. The second kappa shape index (κ2) is 7.08. The minimum atomic E-state index is -0.699. The van der Waals surface area contributed by atoms with E-state index in [0.717, 1.165) is 31.2 Å². The van der Waals surface area contributed by atoms with Crippen LogP contribution in [0.1, 0.15) is 55.2 Å². The molecule has 0 atom stereocenters. The molecule has 1 aliphatic carbocycles. The first-order valence-electron chi connectivity index (χ1n) is 8.04. The molecule has 3 heteroatoms. The Morgan fingerprint density at radius 3 is 2.43 bits per heavy atom. The first-order chi connectivity index (χ1) is 9.98. The van der Waals surface area contributed by atoms with Crippen molar-refractivity contribution in [2.75, 3.05) is 6.54 Å². The van der Waals surface area contributed by atoms with Gasteiger partial charge in [-0.15, -0.1) is 0 Å². The zero-order valence-corrected chi connectivity index (χ0v) is 13.2. The molecule has 0 aliphatic heterocycles. The number of carbonyl (C=O) groups is 1. The van der Waals surface area contributed by atoms with E-state index in [-0.39, 0.29) is 5.91 Å². The predicted molar refractivity (Wildman–Crippen MR) is 85.3 cm³/mol. The second-order valence-electron chi connectivity index (χ2n) is 6.51. The van der Waals surface area contributed by atoms with Gasteiger partial charge in [0.1, 0.15) is 0 Å². The molecule has 1 amide bonds. The quantitative estimate of drug-likeness (QED) is 0.837. The number of hydrogen-bond donors (Lipinski definition) is 2. The topological polar surface area (TPSA) is 49.3 Å². The van der Waals surface area contributed by atoms with Crippen LogP contribution in [-0.4, -0.2) is 23.2 Å². The smallest absolute Gasteiger partial charge is 0.224 e. The van der Waals surface area contributed by atoms with Crippen LogP contribution < -0.4 is 5.32 Å². The largest absolute Gasteiger partial charge is 0.388 e. The van der Waals surface area contributed by atoms with E-state index in [9.17, 15) is 9.90 Å². The highest BCUT2D eigenvalue weighted by Gasteiger charge is 2.28. The van der Waals surface area contributed by atoms with E-state index < -0.39 is 5.60 Å². The van der Waals surface area contributed by atoms with E-state index in [0.29, 0.717) is 13.0 Å². The summed E-state index contributed by atoms with van der Waals surface area (Å²) < 4.78 is 0. The molecule has 0 spiro atoms. The number of amides is 1. The van der Waals surface area contributed by atoms with Crippen LogP contribution in [0.4, 0.5) is 0 Å². The van der Waals surface area contributed by atoms with Gasteiger partial charge in [-0.25, -0.2) is 0 Å². The molecule has 0 radical (unpaired) electrons. The van der Waals surface area contributed by atoms with Crippen LogP contribution in [0.3, 0.4) is 0 Å². The molecule has 1 aromatic carbocycles. The molecule has 2 rings (SSSR count). The molecule has 1 aromatic rings. The summed E-state index contributed by atoms with van der Waals surface area (Å²) >= 11 is 0. The van der Waals surface area contributed by atoms with Gasteiger partial charge in [-0.05, 0) is 43.4 Å². The van der Waals surface area contributed by atoms with E-state index in [1.165, 1.54) is 24.0 Å². The van der Waals surface area contributed by atoms with E-state index in [4.69, 9.17) is 0 Å². The molecule has 0 saturated heterocycles. The number of nitrogens with one attached hydrogen (secondary N) is 1. The number of benzene rings is 1. The van der Waals surface area contributed by atoms with Crippen molar-refractivity contribution in [1.82, 2.24) is 5.32 Å². The zero-order valence-electron chi connectivity index (χ0n) is 13.2. The summed E-state index contributed by atoms with van der Waals surface area (Å²) in [6.07, 6.45) is 6.50. The molecule has 0 bridgehead atoms. The highest BCUT2D eigenvalue weighted by Crippen LogP contribution is 2.26. The summed E-state index contributed by atoms with van der Waals surface area (Å²) in [6.45, 7) is 4.52. The Hall–Kier alpha value is -1.35. The van der Waals surface area contributed by atoms with E-state index in [1.54, 1.807) is 0 Å². The second-order valence-corrected chi connectivity index (χ2v) is 6.51. The summed E-state index contributed by atoms with van der Waals surface area (Å²) in [7, 11) is 0. The van der Waals surface area contributed by atoms with Gasteiger partial charge in [0.25, 0.3) is 0 Å². The van der Waals surface area contributed by atoms with Crippen LogP contribution in [0, 0.1) is 13.8 Å². The molecular weight excluding hydrogens is 262 g/mol. The Morgan fingerprint density at radius 2 is 1.81 bits per heavy atom. The fourth-order valence-electron chi connectivity index (χ4n) is 2.99. The molecule has 0 aromatic heterocycles. The van der Waals surface area contributed by atoms with Crippen molar-refractivity contribution < 1.29 is 9.90 Å². The lowest BCUT2D eigenvalue weighted by molar-refractivity contribution is -0.121. The minimum absolute atomic E-state index is 0.00377. The summed E-state index contributed by atoms with van der Waals surface area (Å²) in [5.41, 5.74) is 2.79. The maximum atomic E-state index is 12.1. The van der Waals surface area contributed by atoms with Crippen molar-refractivity contribution >= 4 is 5.91 Å². The Balaban J connectivity index is 1.85. The first-order valence-corrected chi connectivity index (χ1v) is 8.04. The maximum absolute atomic E-state index is 12.1. The molecule has 1 fully saturated rings. The molecule has 116 valence electrons. The van der Waals surface area contributed by atoms with Gasteiger partial charge in [0.05, 0.1) is 12.0 Å². The lowest BCUT2D eigenvalue weighted by Gasteiger charge is -2.26. The number of carbonyl (C=O) groups excluding carboxylic acids is 1. The van der Waals surface area contributed by atoms with Crippen molar-refractivity contribution in [3.63, 3.8) is 0 Å². The van der Waals surface area contributed by atoms with Crippen molar-refractivity contribution in [1.29, 1.82) is 0 Å². The number of aliphatic hydroxyl groups is 1. The Bertz CT molecular complexity index is 488. The third-order valence-corrected chi connectivity index (χ3v) is 4.58. The Labute approximate surface area is 127 Å². The molecule has 0 heterocycles. The normalized spacial score (nSPS) is 18.0. The Morgan fingerprint density at radius 1 is 1.14 bits per heavy atom. The van der Waals surface area contributed by atoms with Gasteiger partial charge in [-0.1, -0.05) is 43.9 Å². The zero-order chi connectivity index (χ0) is 15.3. The number of aryl methyl sites for hydroxylation is 2. The van der Waals surface area contributed by atoms with Crippen molar-refractivity contribution in [3.05, 3.63) is 34.9 Å². The van der Waals surface area contributed by atoms with Crippen LogP contribution in [0.2, 0.25) is 0 Å². The average molecular weight is 289 g/mol. The van der Waals surface area contributed by atoms with Crippen molar-refractivity contribution in [3.8, 4) is 0 Å². The number of hydrogen-bond acceptors (Lipinski definition) is 2. The van der Waals surface area contributed by atoms with E-state index in [1.807, 2.05) is 6.07 Å². The molecule has 1 saturated carbocycles. The van der Waals surface area contributed by atoms with Crippen LogP contribution >= 0.6 is 0 Å². The van der Waals surface area contributed by atoms with Crippen LogP contribution in [0.25, 0.3) is 0 Å². The van der Waals surface area contributed by atoms with Gasteiger partial charge in [-0.3, -0.25) is 4.79 Å². The molecule has 21 heavy (non-hydrogen) atoms. The van der Waals surface area contributed by atoms with Gasteiger partial charge in [0, 0.05) is 6.54 Å². The van der Waals surface area contributed by atoms with Crippen LogP contribution in [0.15, 0.2) is 18.2 Å². The highest BCUT2D eigenvalue weighted by molar-refractivity contribution is 5.78. The summed E-state index contributed by atoms with van der Waals surface area (Å²) in [4.78, 5) is 12.1. The van der Waals surface area contributed by atoms with E-state index >= 15 is 0 Å². The minimum Gasteiger partial charge on any atom is -0.388 e. The molecule has 2 N–H and O–H groups in total. The molecule has 1 aliphatic rings. The maximum Gasteiger partial charge on any atom is 0.224 e. The molecule has 0 unspecified atom stereocenters. The fraction of sp³-hybridized carbons (Fsp3) is 0.611. The third kappa shape index (κ3) is 4.85. The molecule has 3 nitrogen and oxygen atoms in total. The summed E-state index contributed by atoms with van der Waals surface area (Å²) in [6, 6.07) is 6.12. The monoisotopic (exact) mass is 289 g/mol.